The lowest BCUT2D eigenvalue weighted by Gasteiger charge is -2.18. The Balaban J connectivity index is 1.91. The van der Waals surface area contributed by atoms with E-state index in [1.54, 1.807) is 30.4 Å². The van der Waals surface area contributed by atoms with Crippen LogP contribution >= 0.6 is 0 Å². The summed E-state index contributed by atoms with van der Waals surface area (Å²) in [5.74, 6) is -0.219. The summed E-state index contributed by atoms with van der Waals surface area (Å²) in [5, 5.41) is 21.5. The number of aromatic nitrogens is 4. The molecule has 2 amide bonds. The molecule has 1 aliphatic heterocycles. The number of amides is 2. The van der Waals surface area contributed by atoms with Crippen LogP contribution in [0.25, 0.3) is 11.4 Å². The quantitative estimate of drug-likeness (QED) is 0.713. The Morgan fingerprint density at radius 1 is 1.24 bits per heavy atom. The van der Waals surface area contributed by atoms with Gasteiger partial charge in [0.15, 0.2) is 0 Å². The standard InChI is InChI=1S/C14H11N7O3S/c15-25(23,24)11-3-1-2-8(12(11)13-18-20-21-19-13)7-4-5-9-10(6-7)17-14(22)16-9/h1-7H,(H,17,22)(H2,15,23,24)(H,18,19,20,21). The first kappa shape index (κ1) is 15.4. The lowest BCUT2D eigenvalue weighted by atomic mass is 9.89. The predicted octanol–water partition coefficient (Wildman–Crippen LogP) is 0.216. The molecule has 4 N–H and O–H groups in total. The topological polar surface area (TPSA) is 156 Å². The first-order valence-electron chi connectivity index (χ1n) is 7.13. The van der Waals surface area contributed by atoms with Gasteiger partial charge >= 0.3 is 6.03 Å². The van der Waals surface area contributed by atoms with Crippen LogP contribution in [0.1, 0.15) is 11.5 Å². The van der Waals surface area contributed by atoms with Crippen molar-refractivity contribution < 1.29 is 13.2 Å². The second-order valence-electron chi connectivity index (χ2n) is 5.39. The number of nitrogens with two attached hydrogens (primary N) is 1. The van der Waals surface area contributed by atoms with Crippen LogP contribution in [0.3, 0.4) is 0 Å². The number of rotatable bonds is 3. The van der Waals surface area contributed by atoms with Gasteiger partial charge in [0.2, 0.25) is 15.8 Å². The zero-order valence-corrected chi connectivity index (χ0v) is 13.4. The van der Waals surface area contributed by atoms with Gasteiger partial charge in [0.25, 0.3) is 0 Å². The Bertz CT molecular complexity index is 1070. The molecular formula is C14H11N7O3S. The van der Waals surface area contributed by atoms with Crippen molar-refractivity contribution >= 4 is 21.8 Å². The maximum atomic E-state index is 12.0. The second-order valence-corrected chi connectivity index (χ2v) is 6.92. The number of tetrazole rings is 1. The van der Waals surface area contributed by atoms with Crippen LogP contribution in [-0.4, -0.2) is 40.8 Å². The highest BCUT2D eigenvalue weighted by Gasteiger charge is 2.27. The van der Waals surface area contributed by atoms with Crippen LogP contribution in [0, 0.1) is 0 Å². The molecule has 0 radical (unpaired) electrons. The number of hydrogen-bond acceptors (Lipinski definition) is 6. The lowest BCUT2D eigenvalue weighted by molar-refractivity contribution is 0.253. The molecule has 126 valence electrons. The van der Waals surface area contributed by atoms with Gasteiger partial charge in [0.05, 0.1) is 16.3 Å². The normalized spacial score (nSPS) is 19.2. The van der Waals surface area contributed by atoms with E-state index in [4.69, 9.17) is 5.14 Å². The van der Waals surface area contributed by atoms with Crippen molar-refractivity contribution in [1.29, 1.82) is 0 Å². The molecule has 1 unspecified atom stereocenters. The largest absolute Gasteiger partial charge is 0.346 e. The number of nitrogens with zero attached hydrogens (tertiary/aromatic N) is 4. The Hall–Kier alpha value is -3.18. The first-order chi connectivity index (χ1) is 11.9. The molecule has 10 nitrogen and oxygen atoms in total. The monoisotopic (exact) mass is 357 g/mol. The van der Waals surface area contributed by atoms with E-state index in [0.717, 1.165) is 0 Å². The minimum Gasteiger partial charge on any atom is -0.304 e. The highest BCUT2D eigenvalue weighted by atomic mass is 32.2. The first-order valence-corrected chi connectivity index (χ1v) is 8.68. The number of sulfonamides is 1. The number of allylic oxidation sites excluding steroid dienone is 3. The number of primary sulfonamides is 1. The van der Waals surface area contributed by atoms with Gasteiger partial charge in [-0.25, -0.2) is 18.4 Å². The van der Waals surface area contributed by atoms with Crippen molar-refractivity contribution in [3.05, 3.63) is 47.7 Å². The smallest absolute Gasteiger partial charge is 0.304 e. The third kappa shape index (κ3) is 2.64. The van der Waals surface area contributed by atoms with Gasteiger partial charge in [-0.15, -0.1) is 10.2 Å². The van der Waals surface area contributed by atoms with E-state index < -0.39 is 16.1 Å². The van der Waals surface area contributed by atoms with Gasteiger partial charge in [-0.1, -0.05) is 18.2 Å². The number of aromatic amines is 1. The van der Waals surface area contributed by atoms with Gasteiger partial charge in [0, 0.05) is 11.5 Å². The summed E-state index contributed by atoms with van der Waals surface area (Å²) in [4.78, 5) is 15.1. The average molecular weight is 357 g/mol. The Morgan fingerprint density at radius 3 is 2.80 bits per heavy atom. The van der Waals surface area contributed by atoms with Crippen LogP contribution in [0.2, 0.25) is 0 Å². The molecule has 0 fully saturated rings. The van der Waals surface area contributed by atoms with E-state index in [9.17, 15) is 13.2 Å². The summed E-state index contributed by atoms with van der Waals surface area (Å²) in [5.41, 5.74) is 1.97. The molecule has 2 aliphatic rings. The van der Waals surface area contributed by atoms with Crippen molar-refractivity contribution in [2.24, 2.45) is 10.1 Å². The number of aliphatic imine (C=N–C) groups is 1. The van der Waals surface area contributed by atoms with Crippen molar-refractivity contribution in [1.82, 2.24) is 25.9 Å². The summed E-state index contributed by atoms with van der Waals surface area (Å²) in [6, 6.07) is 4.27. The molecule has 1 atom stereocenters. The molecule has 25 heavy (non-hydrogen) atoms. The fourth-order valence-corrected chi connectivity index (χ4v) is 3.59. The molecular weight excluding hydrogens is 346 g/mol. The summed E-state index contributed by atoms with van der Waals surface area (Å²) in [7, 11) is -4.01. The zero-order valence-electron chi connectivity index (χ0n) is 12.5. The van der Waals surface area contributed by atoms with Gasteiger partial charge in [-0.3, -0.25) is 0 Å². The van der Waals surface area contributed by atoms with Crippen LogP contribution in [-0.2, 0) is 10.0 Å². The van der Waals surface area contributed by atoms with E-state index in [-0.39, 0.29) is 22.2 Å². The molecule has 2 aromatic rings. The molecule has 0 bridgehead atoms. The third-order valence-electron chi connectivity index (χ3n) is 3.84. The van der Waals surface area contributed by atoms with E-state index in [1.807, 2.05) is 0 Å². The van der Waals surface area contributed by atoms with Crippen molar-refractivity contribution in [3.8, 4) is 11.4 Å². The summed E-state index contributed by atoms with van der Waals surface area (Å²) in [6.45, 7) is 0. The predicted molar refractivity (Wildman–Crippen MR) is 86.9 cm³/mol. The van der Waals surface area contributed by atoms with E-state index >= 15 is 0 Å². The van der Waals surface area contributed by atoms with Crippen molar-refractivity contribution in [2.75, 3.05) is 0 Å². The van der Waals surface area contributed by atoms with Crippen LogP contribution < -0.4 is 10.5 Å². The SMILES string of the molecule is NS(=O)(=O)c1cccc(C2C=CC3=NC(=O)NC3=C2)c1-c1nn[nH]n1. The third-order valence-corrected chi connectivity index (χ3v) is 4.79. The second kappa shape index (κ2) is 5.43. The molecule has 2 heterocycles. The number of urea groups is 1. The number of fused-ring (bicyclic) bond motifs is 1. The minimum atomic E-state index is -4.01. The summed E-state index contributed by atoms with van der Waals surface area (Å²) in [6.07, 6.45) is 5.27. The van der Waals surface area contributed by atoms with E-state index in [1.165, 1.54) is 6.07 Å². The van der Waals surface area contributed by atoms with E-state index in [0.29, 0.717) is 17.0 Å². The van der Waals surface area contributed by atoms with Gasteiger partial charge in [0.1, 0.15) is 0 Å². The van der Waals surface area contributed by atoms with Crippen LogP contribution in [0.5, 0.6) is 0 Å². The minimum absolute atomic E-state index is 0.104. The Labute approximate surface area is 141 Å². The van der Waals surface area contributed by atoms with Crippen LogP contribution in [0.15, 0.2) is 52.0 Å². The van der Waals surface area contributed by atoms with Gasteiger partial charge in [-0.05, 0) is 29.0 Å². The molecule has 0 saturated carbocycles. The highest BCUT2D eigenvalue weighted by Crippen LogP contribution is 2.35. The fourth-order valence-electron chi connectivity index (χ4n) is 2.82. The fraction of sp³-hybridized carbons (Fsp3) is 0.0714. The maximum absolute atomic E-state index is 12.0. The highest BCUT2D eigenvalue weighted by molar-refractivity contribution is 7.89. The number of carbonyl (C=O) groups is 1. The molecule has 4 rings (SSSR count). The van der Waals surface area contributed by atoms with Crippen LogP contribution in [0.4, 0.5) is 4.79 Å². The van der Waals surface area contributed by atoms with Gasteiger partial charge in [-0.2, -0.15) is 10.2 Å². The van der Waals surface area contributed by atoms with Crippen molar-refractivity contribution in [2.45, 2.75) is 10.8 Å². The summed E-state index contributed by atoms with van der Waals surface area (Å²) < 4.78 is 24.0. The maximum Gasteiger partial charge on any atom is 0.346 e. The molecule has 1 aliphatic carbocycles. The molecule has 1 aromatic carbocycles. The molecule has 0 spiro atoms. The summed E-state index contributed by atoms with van der Waals surface area (Å²) >= 11 is 0. The Morgan fingerprint density at radius 2 is 2.08 bits per heavy atom. The zero-order chi connectivity index (χ0) is 17.6. The average Bonchev–Trinajstić information content (AvgIpc) is 3.20. The number of carbonyl (C=O) groups excluding carboxylic acids is 1. The van der Waals surface area contributed by atoms with Gasteiger partial charge < -0.3 is 5.32 Å². The number of H-pyrrole nitrogens is 1. The van der Waals surface area contributed by atoms with E-state index in [2.05, 4.69) is 30.9 Å². The molecule has 0 saturated heterocycles. The molecule has 1 aromatic heterocycles. The number of nitrogens with one attached hydrogen (secondary N) is 2. The van der Waals surface area contributed by atoms with Crippen molar-refractivity contribution in [3.63, 3.8) is 0 Å². The Kier molecular flexibility index (Phi) is 3.33. The lowest BCUT2D eigenvalue weighted by Crippen LogP contribution is -2.18. The molecule has 11 heteroatoms. The number of hydrogen-bond donors (Lipinski definition) is 3. The number of benzene rings is 1.